The van der Waals surface area contributed by atoms with Crippen LogP contribution >= 0.6 is 0 Å². The van der Waals surface area contributed by atoms with Gasteiger partial charge < -0.3 is 5.73 Å². The quantitative estimate of drug-likeness (QED) is 0.867. The largest absolute Gasteiger partial charge is 0.416 e. The van der Waals surface area contributed by atoms with Gasteiger partial charge in [0, 0.05) is 13.1 Å². The number of rotatable bonds is 3. The van der Waals surface area contributed by atoms with Crippen LogP contribution in [0.5, 0.6) is 0 Å². The first kappa shape index (κ1) is 15.3. The average Bonchev–Trinajstić information content (AvgIpc) is 2.73. The van der Waals surface area contributed by atoms with Crippen LogP contribution < -0.4 is 5.73 Å². The number of alkyl halides is 3. The molecule has 1 aliphatic heterocycles. The Balaban J connectivity index is 2.18. The van der Waals surface area contributed by atoms with Crippen LogP contribution in [-0.2, 0) is 12.7 Å². The van der Waals surface area contributed by atoms with Crippen LogP contribution in [0.15, 0.2) is 18.2 Å². The number of nitrogens with zero attached hydrogens (tertiary/aromatic N) is 1. The fourth-order valence-electron chi connectivity index (χ4n) is 2.62. The Morgan fingerprint density at radius 2 is 2.05 bits per heavy atom. The van der Waals surface area contributed by atoms with E-state index in [0.717, 1.165) is 12.5 Å². The van der Waals surface area contributed by atoms with Crippen molar-refractivity contribution in [2.24, 2.45) is 11.1 Å². The molecule has 1 heterocycles. The van der Waals surface area contributed by atoms with Gasteiger partial charge in [0.25, 0.3) is 0 Å². The van der Waals surface area contributed by atoms with Crippen molar-refractivity contribution < 1.29 is 17.6 Å². The van der Waals surface area contributed by atoms with Gasteiger partial charge in [0.05, 0.1) is 5.56 Å². The van der Waals surface area contributed by atoms with Gasteiger partial charge in [-0.05, 0) is 42.6 Å². The normalized spacial score (nSPS) is 24.3. The molecule has 20 heavy (non-hydrogen) atoms. The van der Waals surface area contributed by atoms with Gasteiger partial charge in [-0.15, -0.1) is 0 Å². The summed E-state index contributed by atoms with van der Waals surface area (Å²) in [4.78, 5) is 1.94. The molecule has 0 aliphatic carbocycles. The molecule has 0 saturated carbocycles. The summed E-state index contributed by atoms with van der Waals surface area (Å²) >= 11 is 0. The molecule has 0 radical (unpaired) electrons. The maximum absolute atomic E-state index is 13.0. The van der Waals surface area contributed by atoms with E-state index in [9.17, 15) is 17.6 Å². The first-order chi connectivity index (χ1) is 9.23. The van der Waals surface area contributed by atoms with Crippen LogP contribution in [0.2, 0.25) is 0 Å². The van der Waals surface area contributed by atoms with Crippen molar-refractivity contribution in [3.63, 3.8) is 0 Å². The van der Waals surface area contributed by atoms with Crippen LogP contribution in [-0.4, -0.2) is 24.5 Å². The van der Waals surface area contributed by atoms with Gasteiger partial charge in [-0.3, -0.25) is 4.90 Å². The Hall–Kier alpha value is -1.14. The molecule has 2 N–H and O–H groups in total. The molecule has 0 bridgehead atoms. The molecule has 1 fully saturated rings. The number of hydrogen-bond acceptors (Lipinski definition) is 2. The predicted molar refractivity (Wildman–Crippen MR) is 68.5 cm³/mol. The summed E-state index contributed by atoms with van der Waals surface area (Å²) in [5.74, 6) is -0.866. The van der Waals surface area contributed by atoms with Gasteiger partial charge in [-0.1, -0.05) is 13.0 Å². The number of halogens is 4. The fourth-order valence-corrected chi connectivity index (χ4v) is 2.62. The zero-order valence-electron chi connectivity index (χ0n) is 11.3. The molecule has 0 spiro atoms. The van der Waals surface area contributed by atoms with Crippen molar-refractivity contribution in [2.75, 3.05) is 19.6 Å². The molecule has 0 aromatic heterocycles. The minimum absolute atomic E-state index is 0.0432. The Morgan fingerprint density at radius 1 is 1.35 bits per heavy atom. The molecule has 1 atom stereocenters. The lowest BCUT2D eigenvalue weighted by Crippen LogP contribution is -2.31. The van der Waals surface area contributed by atoms with Crippen molar-refractivity contribution in [1.29, 1.82) is 0 Å². The molecule has 2 nitrogen and oxygen atoms in total. The van der Waals surface area contributed by atoms with E-state index >= 15 is 0 Å². The zero-order valence-corrected chi connectivity index (χ0v) is 11.3. The molecular weight excluding hydrogens is 272 g/mol. The standard InChI is InChI=1S/C14H18F4N2/c1-13(8-19)4-5-20(9-13)7-10-2-3-11(15)6-12(10)14(16,17)18/h2-3,6H,4-5,7-9,19H2,1H3. The van der Waals surface area contributed by atoms with Crippen molar-refractivity contribution >= 4 is 0 Å². The second-order valence-electron chi connectivity index (χ2n) is 5.77. The van der Waals surface area contributed by atoms with E-state index in [1.807, 2.05) is 11.8 Å². The third-order valence-corrected chi connectivity index (χ3v) is 3.90. The van der Waals surface area contributed by atoms with Crippen LogP contribution in [0.1, 0.15) is 24.5 Å². The Bertz CT molecular complexity index is 487. The summed E-state index contributed by atoms with van der Waals surface area (Å²) in [6.45, 7) is 4.09. The van der Waals surface area contributed by atoms with Crippen LogP contribution in [0.25, 0.3) is 0 Å². The summed E-state index contributed by atoms with van der Waals surface area (Å²) in [5.41, 5.74) is 4.86. The highest BCUT2D eigenvalue weighted by Crippen LogP contribution is 2.35. The van der Waals surface area contributed by atoms with Gasteiger partial charge in [-0.25, -0.2) is 4.39 Å². The summed E-state index contributed by atoms with van der Waals surface area (Å²) in [6, 6.07) is 2.85. The van der Waals surface area contributed by atoms with E-state index in [1.54, 1.807) is 0 Å². The first-order valence-electron chi connectivity index (χ1n) is 6.52. The summed E-state index contributed by atoms with van der Waals surface area (Å²) in [7, 11) is 0. The molecule has 1 aromatic carbocycles. The Morgan fingerprint density at radius 3 is 2.60 bits per heavy atom. The second-order valence-corrected chi connectivity index (χ2v) is 5.77. The van der Waals surface area contributed by atoms with Gasteiger partial charge in [0.2, 0.25) is 0 Å². The van der Waals surface area contributed by atoms with Crippen molar-refractivity contribution in [3.05, 3.63) is 35.1 Å². The number of hydrogen-bond donors (Lipinski definition) is 1. The molecule has 1 saturated heterocycles. The maximum atomic E-state index is 13.0. The maximum Gasteiger partial charge on any atom is 0.416 e. The first-order valence-corrected chi connectivity index (χ1v) is 6.52. The second kappa shape index (κ2) is 5.33. The average molecular weight is 290 g/mol. The lowest BCUT2D eigenvalue weighted by atomic mass is 9.90. The molecule has 6 heteroatoms. The van der Waals surface area contributed by atoms with Gasteiger partial charge in [-0.2, -0.15) is 13.2 Å². The molecule has 112 valence electrons. The van der Waals surface area contributed by atoms with E-state index in [2.05, 4.69) is 0 Å². The smallest absolute Gasteiger partial charge is 0.330 e. The van der Waals surface area contributed by atoms with E-state index < -0.39 is 17.6 Å². The summed E-state index contributed by atoms with van der Waals surface area (Å²) in [5, 5.41) is 0. The number of nitrogens with two attached hydrogens (primary N) is 1. The van der Waals surface area contributed by atoms with E-state index in [0.29, 0.717) is 25.7 Å². The van der Waals surface area contributed by atoms with Crippen molar-refractivity contribution in [3.8, 4) is 0 Å². The monoisotopic (exact) mass is 290 g/mol. The molecule has 1 aromatic rings. The Kier molecular flexibility index (Phi) is 4.07. The van der Waals surface area contributed by atoms with Crippen LogP contribution in [0.3, 0.4) is 0 Å². The highest BCUT2D eigenvalue weighted by Gasteiger charge is 2.36. The highest BCUT2D eigenvalue weighted by atomic mass is 19.4. The van der Waals surface area contributed by atoms with Crippen molar-refractivity contribution in [1.82, 2.24) is 4.90 Å². The topological polar surface area (TPSA) is 29.3 Å². The minimum Gasteiger partial charge on any atom is -0.330 e. The fraction of sp³-hybridized carbons (Fsp3) is 0.571. The lowest BCUT2D eigenvalue weighted by molar-refractivity contribution is -0.138. The number of benzene rings is 1. The molecule has 1 aliphatic rings. The Labute approximate surface area is 115 Å². The van der Waals surface area contributed by atoms with E-state index in [4.69, 9.17) is 5.73 Å². The molecule has 1 unspecified atom stereocenters. The highest BCUT2D eigenvalue weighted by molar-refractivity contribution is 5.30. The number of likely N-dealkylation sites (tertiary alicyclic amines) is 1. The molecule has 2 rings (SSSR count). The SMILES string of the molecule is CC1(CN)CCN(Cc2ccc(F)cc2C(F)(F)F)C1. The third kappa shape index (κ3) is 3.30. The van der Waals surface area contributed by atoms with E-state index in [-0.39, 0.29) is 17.5 Å². The van der Waals surface area contributed by atoms with Crippen molar-refractivity contribution in [2.45, 2.75) is 26.1 Å². The minimum atomic E-state index is -4.53. The van der Waals surface area contributed by atoms with Gasteiger partial charge >= 0.3 is 6.18 Å². The summed E-state index contributed by atoms with van der Waals surface area (Å²) in [6.07, 6.45) is -3.67. The van der Waals surface area contributed by atoms with Crippen LogP contribution in [0, 0.1) is 11.2 Å². The molecular formula is C14H18F4N2. The van der Waals surface area contributed by atoms with Gasteiger partial charge in [0.15, 0.2) is 0 Å². The zero-order chi connectivity index (χ0) is 15.0. The van der Waals surface area contributed by atoms with Crippen LogP contribution in [0.4, 0.5) is 17.6 Å². The van der Waals surface area contributed by atoms with Gasteiger partial charge in [0.1, 0.15) is 5.82 Å². The predicted octanol–water partition coefficient (Wildman–Crippen LogP) is 3.02. The third-order valence-electron chi connectivity index (χ3n) is 3.90. The lowest BCUT2D eigenvalue weighted by Gasteiger charge is -2.23. The van der Waals surface area contributed by atoms with E-state index in [1.165, 1.54) is 6.07 Å². The molecule has 0 amide bonds. The summed E-state index contributed by atoms with van der Waals surface area (Å²) < 4.78 is 51.8.